The van der Waals surface area contributed by atoms with Gasteiger partial charge in [-0.3, -0.25) is 0 Å². The van der Waals surface area contributed by atoms with Gasteiger partial charge >= 0.3 is 59.6 Å². The first-order valence-corrected chi connectivity index (χ1v) is 9.00. The molecule has 1 heteroatoms. The molecule has 0 N–H and O–H groups in total. The summed E-state index contributed by atoms with van der Waals surface area (Å²) in [5, 5.41) is 0. The number of hydrogen-bond donors (Lipinski definition) is 0. The van der Waals surface area contributed by atoms with E-state index in [9.17, 15) is 0 Å². The molecule has 8 heavy (non-hydrogen) atoms. The molecule has 0 rings (SSSR count). The van der Waals surface area contributed by atoms with Crippen LogP contribution < -0.4 is 0 Å². The van der Waals surface area contributed by atoms with Gasteiger partial charge in [-0.25, -0.2) is 0 Å². The quantitative estimate of drug-likeness (QED) is 0.638. The molecule has 47 valence electrons. The third kappa shape index (κ3) is 3.53. The van der Waals surface area contributed by atoms with Crippen molar-refractivity contribution in [2.24, 2.45) is 0 Å². The summed E-state index contributed by atoms with van der Waals surface area (Å²) >= 11 is -0.869. The fraction of sp³-hybridized carbons (Fsp3) is 0.714. The van der Waals surface area contributed by atoms with Crippen molar-refractivity contribution < 1.29 is 0 Å². The third-order valence-corrected chi connectivity index (χ3v) is 8.79. The second-order valence-electron chi connectivity index (χ2n) is 1.87. The van der Waals surface area contributed by atoms with Gasteiger partial charge < -0.3 is 0 Å². The number of rotatable bonds is 3. The Labute approximate surface area is 59.7 Å². The normalized spacial score (nSPS) is 11.5. The summed E-state index contributed by atoms with van der Waals surface area (Å²) in [6, 6.07) is 0. The minimum absolute atomic E-state index is 0.869. The van der Waals surface area contributed by atoms with Crippen LogP contribution in [0.5, 0.6) is 0 Å². The zero-order valence-corrected chi connectivity index (χ0v) is 8.92. The van der Waals surface area contributed by atoms with Crippen LogP contribution in [0.25, 0.3) is 0 Å². The molecule has 0 aliphatic rings. The molecule has 0 amide bonds. The molecule has 0 atom stereocenters. The van der Waals surface area contributed by atoms with E-state index in [1.54, 1.807) is 0 Å². The predicted molar refractivity (Wildman–Crippen MR) is 41.5 cm³/mol. The molecule has 0 heterocycles. The second kappa shape index (κ2) is 5.67. The van der Waals surface area contributed by atoms with Gasteiger partial charge in [0.15, 0.2) is 0 Å². The van der Waals surface area contributed by atoms with Gasteiger partial charge in [-0.1, -0.05) is 0 Å². The fourth-order valence-corrected chi connectivity index (χ4v) is 4.84. The Morgan fingerprint density at radius 3 is 1.88 bits per heavy atom. The van der Waals surface area contributed by atoms with Gasteiger partial charge in [0.05, 0.1) is 0 Å². The maximum atomic E-state index is 2.47. The minimum atomic E-state index is -0.869. The SMILES string of the molecule is CC=[CH][Sn]([CH2]C)[CH2]C. The predicted octanol–water partition coefficient (Wildman–Crippen LogP) is 2.64. The van der Waals surface area contributed by atoms with Crippen molar-refractivity contribution in [3.8, 4) is 0 Å². The molecule has 0 aliphatic heterocycles. The summed E-state index contributed by atoms with van der Waals surface area (Å²) in [6.07, 6.45) is 2.22. The Kier molecular flexibility index (Phi) is 6.05. The van der Waals surface area contributed by atoms with E-state index in [1.165, 1.54) is 8.87 Å². The van der Waals surface area contributed by atoms with Gasteiger partial charge in [0, 0.05) is 0 Å². The van der Waals surface area contributed by atoms with Gasteiger partial charge in [0.1, 0.15) is 0 Å². The molecule has 0 saturated heterocycles. The van der Waals surface area contributed by atoms with Crippen LogP contribution in [-0.2, 0) is 0 Å². The third-order valence-electron chi connectivity index (χ3n) is 1.31. The van der Waals surface area contributed by atoms with E-state index in [1.807, 2.05) is 0 Å². The average Bonchev–Trinajstić information content (AvgIpc) is 1.83. The van der Waals surface area contributed by atoms with Crippen molar-refractivity contribution in [2.45, 2.75) is 29.6 Å². The van der Waals surface area contributed by atoms with Crippen molar-refractivity contribution >= 4 is 19.8 Å². The van der Waals surface area contributed by atoms with Crippen molar-refractivity contribution in [2.75, 3.05) is 0 Å². The zero-order chi connectivity index (χ0) is 6.41. The molecule has 0 bridgehead atoms. The van der Waals surface area contributed by atoms with Gasteiger partial charge in [-0.05, 0) is 0 Å². The van der Waals surface area contributed by atoms with Gasteiger partial charge in [0.2, 0.25) is 0 Å². The summed E-state index contributed by atoms with van der Waals surface area (Å²) in [4.78, 5) is 0. The van der Waals surface area contributed by atoms with E-state index in [0.717, 1.165) is 0 Å². The van der Waals surface area contributed by atoms with E-state index in [0.29, 0.717) is 0 Å². The molecule has 0 saturated carbocycles. The summed E-state index contributed by atoms with van der Waals surface area (Å²) in [6.45, 7) is 6.77. The topological polar surface area (TPSA) is 0 Å². The van der Waals surface area contributed by atoms with Crippen LogP contribution in [0.1, 0.15) is 20.8 Å². The molecular weight excluding hydrogens is 203 g/mol. The average molecular weight is 218 g/mol. The molecule has 0 nitrogen and oxygen atoms in total. The Balaban J connectivity index is 3.36. The molecule has 0 spiro atoms. The van der Waals surface area contributed by atoms with Crippen molar-refractivity contribution in [1.29, 1.82) is 0 Å². The van der Waals surface area contributed by atoms with Crippen molar-refractivity contribution in [1.82, 2.24) is 0 Å². The summed E-state index contributed by atoms with van der Waals surface area (Å²) in [5.41, 5.74) is 0. The molecule has 0 aliphatic carbocycles. The van der Waals surface area contributed by atoms with Gasteiger partial charge in [-0.2, -0.15) is 0 Å². The Bertz CT molecular complexity index is 62.8. The van der Waals surface area contributed by atoms with Gasteiger partial charge in [0.25, 0.3) is 0 Å². The zero-order valence-electron chi connectivity index (χ0n) is 6.07. The van der Waals surface area contributed by atoms with Crippen LogP contribution in [0.2, 0.25) is 8.87 Å². The van der Waals surface area contributed by atoms with E-state index in [2.05, 4.69) is 30.9 Å². The van der Waals surface area contributed by atoms with Crippen LogP contribution in [0.3, 0.4) is 0 Å². The Hall–Kier alpha value is 0.539. The first-order chi connectivity index (χ1) is 3.85. The summed E-state index contributed by atoms with van der Waals surface area (Å²) in [7, 11) is 0. The second-order valence-corrected chi connectivity index (χ2v) is 10.6. The van der Waals surface area contributed by atoms with Crippen LogP contribution in [0.4, 0.5) is 0 Å². The van der Waals surface area contributed by atoms with Crippen LogP contribution in [0, 0.1) is 0 Å². The molecular formula is C7H15Sn. The fourth-order valence-electron chi connectivity index (χ4n) is 0.721. The first kappa shape index (κ1) is 8.54. The molecule has 0 aromatic heterocycles. The monoisotopic (exact) mass is 219 g/mol. The summed E-state index contributed by atoms with van der Waals surface area (Å²) in [5.74, 6) is 0. The van der Waals surface area contributed by atoms with Crippen molar-refractivity contribution in [3.05, 3.63) is 10.2 Å². The van der Waals surface area contributed by atoms with Crippen molar-refractivity contribution in [3.63, 3.8) is 0 Å². The molecule has 0 aromatic rings. The Morgan fingerprint density at radius 1 is 1.25 bits per heavy atom. The van der Waals surface area contributed by atoms with Crippen LogP contribution in [-0.4, -0.2) is 19.8 Å². The molecule has 0 unspecified atom stereocenters. The number of allylic oxidation sites excluding steroid dienone is 1. The number of hydrogen-bond acceptors (Lipinski definition) is 0. The Morgan fingerprint density at radius 2 is 1.75 bits per heavy atom. The van der Waals surface area contributed by atoms with Crippen LogP contribution in [0.15, 0.2) is 10.2 Å². The maximum absolute atomic E-state index is 2.47. The van der Waals surface area contributed by atoms with Crippen LogP contribution >= 0.6 is 0 Å². The van der Waals surface area contributed by atoms with E-state index >= 15 is 0 Å². The molecule has 0 fully saturated rings. The molecule has 1 radical (unpaired) electrons. The van der Waals surface area contributed by atoms with Gasteiger partial charge in [-0.15, -0.1) is 0 Å². The molecule has 0 aromatic carbocycles. The van der Waals surface area contributed by atoms with E-state index in [-0.39, 0.29) is 0 Å². The summed E-state index contributed by atoms with van der Waals surface area (Å²) < 4.78 is 5.42. The standard InChI is InChI=1S/C3H5.2C2H5.Sn/c1-3-2;2*1-2;/h1,3H,2H3;2*1H2,2H3;. The first-order valence-electron chi connectivity index (χ1n) is 3.32. The van der Waals surface area contributed by atoms with E-state index in [4.69, 9.17) is 0 Å². The van der Waals surface area contributed by atoms with E-state index < -0.39 is 19.8 Å².